The second kappa shape index (κ2) is 6.04. The molecular weight excluding hydrogens is 309 g/mol. The van der Waals surface area contributed by atoms with Crippen molar-refractivity contribution >= 4 is 22.5 Å². The van der Waals surface area contributed by atoms with E-state index in [1.165, 1.54) is 48.5 Å². The number of rotatable bonds is 4. The van der Waals surface area contributed by atoms with Gasteiger partial charge in [0.05, 0.1) is 0 Å². The lowest BCUT2D eigenvalue weighted by Gasteiger charge is -2.06. The number of nitrogens with one attached hydrogen (secondary N) is 2. The Bertz CT molecular complexity index is 844. The molecule has 0 aliphatic heterocycles. The van der Waals surface area contributed by atoms with Crippen molar-refractivity contribution in [3.05, 3.63) is 60.0 Å². The van der Waals surface area contributed by atoms with Crippen LogP contribution in [0, 0.1) is 5.82 Å². The highest BCUT2D eigenvalue weighted by Crippen LogP contribution is 2.20. The first-order valence-corrected chi connectivity index (χ1v) is 6.66. The van der Waals surface area contributed by atoms with E-state index in [-0.39, 0.29) is 11.4 Å². The normalized spacial score (nSPS) is 11.0. The number of carbonyl (C=O) groups excluding carboxylic acids is 1. The average molecular weight is 320 g/mol. The highest BCUT2D eigenvalue weighted by atomic mass is 19.3. The minimum absolute atomic E-state index is 0.000846. The lowest BCUT2D eigenvalue weighted by atomic mass is 10.2. The third-order valence-electron chi connectivity index (χ3n) is 3.16. The second-order valence-corrected chi connectivity index (χ2v) is 4.77. The molecule has 1 amide bonds. The first-order valence-electron chi connectivity index (χ1n) is 6.66. The molecule has 0 atom stereocenters. The molecular formula is C16H11F3N2O2. The first kappa shape index (κ1) is 15.0. The molecule has 0 spiro atoms. The Hall–Kier alpha value is -2.96. The van der Waals surface area contributed by atoms with Gasteiger partial charge in [0.25, 0.3) is 5.91 Å². The molecule has 0 bridgehead atoms. The fourth-order valence-corrected chi connectivity index (χ4v) is 2.14. The number of halogens is 3. The number of ether oxygens (including phenoxy) is 1. The van der Waals surface area contributed by atoms with Crippen molar-refractivity contribution in [1.29, 1.82) is 0 Å². The van der Waals surface area contributed by atoms with Crippen LogP contribution >= 0.6 is 0 Å². The van der Waals surface area contributed by atoms with Crippen LogP contribution in [-0.4, -0.2) is 17.5 Å². The summed E-state index contributed by atoms with van der Waals surface area (Å²) in [5.74, 6) is -0.818. The third-order valence-corrected chi connectivity index (χ3v) is 3.16. The monoisotopic (exact) mass is 320 g/mol. The van der Waals surface area contributed by atoms with Crippen LogP contribution < -0.4 is 10.1 Å². The summed E-state index contributed by atoms with van der Waals surface area (Å²) in [6, 6.07) is 11.2. The van der Waals surface area contributed by atoms with Crippen LogP contribution in [0.4, 0.5) is 18.9 Å². The van der Waals surface area contributed by atoms with E-state index in [9.17, 15) is 18.0 Å². The van der Waals surface area contributed by atoms with E-state index < -0.39 is 18.3 Å². The van der Waals surface area contributed by atoms with Gasteiger partial charge in [0.15, 0.2) is 0 Å². The fourth-order valence-electron chi connectivity index (χ4n) is 2.14. The zero-order valence-corrected chi connectivity index (χ0v) is 11.6. The third kappa shape index (κ3) is 3.45. The van der Waals surface area contributed by atoms with Crippen LogP contribution in [0.15, 0.2) is 48.5 Å². The van der Waals surface area contributed by atoms with E-state index in [2.05, 4.69) is 15.0 Å². The smallest absolute Gasteiger partial charge is 0.387 e. The largest absolute Gasteiger partial charge is 0.435 e. The van der Waals surface area contributed by atoms with Crippen LogP contribution in [0.3, 0.4) is 0 Å². The predicted octanol–water partition coefficient (Wildman–Crippen LogP) is 4.16. The highest BCUT2D eigenvalue weighted by Gasteiger charge is 2.11. The number of H-pyrrole nitrogens is 1. The van der Waals surface area contributed by atoms with Gasteiger partial charge in [-0.05, 0) is 48.5 Å². The van der Waals surface area contributed by atoms with Crippen molar-refractivity contribution in [2.45, 2.75) is 6.61 Å². The molecule has 0 unspecified atom stereocenters. The Kier molecular flexibility index (Phi) is 3.92. The Morgan fingerprint density at radius 1 is 1.09 bits per heavy atom. The summed E-state index contributed by atoms with van der Waals surface area (Å²) in [5, 5.41) is 3.19. The van der Waals surface area contributed by atoms with Crippen LogP contribution in [0.5, 0.6) is 5.75 Å². The Balaban J connectivity index is 1.74. The Morgan fingerprint density at radius 2 is 1.83 bits per heavy atom. The standard InChI is InChI=1S/C16H11F3N2O2/c17-10-1-6-13-9(7-10)8-14(21-13)15(22)20-11-2-4-12(5-3-11)23-16(18)19/h1-8,16,21H,(H,20,22). The number of hydrogen-bond acceptors (Lipinski definition) is 2. The van der Waals surface area contributed by atoms with Gasteiger partial charge in [-0.25, -0.2) is 4.39 Å². The van der Waals surface area contributed by atoms with E-state index in [4.69, 9.17) is 0 Å². The molecule has 0 saturated heterocycles. The maximum Gasteiger partial charge on any atom is 0.387 e. The minimum atomic E-state index is -2.90. The molecule has 118 valence electrons. The summed E-state index contributed by atoms with van der Waals surface area (Å²) in [5.41, 5.74) is 1.32. The molecule has 0 aliphatic carbocycles. The van der Waals surface area contributed by atoms with Gasteiger partial charge >= 0.3 is 6.61 Å². The summed E-state index contributed by atoms with van der Waals surface area (Å²) in [7, 11) is 0. The topological polar surface area (TPSA) is 54.1 Å². The van der Waals surface area contributed by atoms with Gasteiger partial charge < -0.3 is 15.0 Å². The van der Waals surface area contributed by atoms with Crippen molar-refractivity contribution < 1.29 is 22.7 Å². The van der Waals surface area contributed by atoms with Crippen molar-refractivity contribution in [3.8, 4) is 5.75 Å². The van der Waals surface area contributed by atoms with Crippen LogP contribution in [0.25, 0.3) is 10.9 Å². The van der Waals surface area contributed by atoms with Gasteiger partial charge in [-0.15, -0.1) is 0 Å². The van der Waals surface area contributed by atoms with Gasteiger partial charge in [0, 0.05) is 16.6 Å². The number of aromatic amines is 1. The first-order chi connectivity index (χ1) is 11.0. The van der Waals surface area contributed by atoms with Gasteiger partial charge in [0.1, 0.15) is 17.3 Å². The molecule has 0 fully saturated rings. The van der Waals surface area contributed by atoms with Gasteiger partial charge in [-0.1, -0.05) is 0 Å². The quantitative estimate of drug-likeness (QED) is 0.758. The number of carbonyl (C=O) groups is 1. The molecule has 3 rings (SSSR count). The summed E-state index contributed by atoms with van der Waals surface area (Å²) >= 11 is 0. The summed E-state index contributed by atoms with van der Waals surface area (Å²) < 4.78 is 41.5. The minimum Gasteiger partial charge on any atom is -0.435 e. The van der Waals surface area contributed by atoms with Crippen LogP contribution in [0.2, 0.25) is 0 Å². The van der Waals surface area contributed by atoms with Crippen molar-refractivity contribution in [2.24, 2.45) is 0 Å². The summed E-state index contributed by atoms with van der Waals surface area (Å²) in [6.45, 7) is -2.90. The summed E-state index contributed by atoms with van der Waals surface area (Å²) in [4.78, 5) is 15.0. The molecule has 0 saturated carbocycles. The summed E-state index contributed by atoms with van der Waals surface area (Å²) in [6.07, 6.45) is 0. The average Bonchev–Trinajstić information content (AvgIpc) is 2.92. The molecule has 1 heterocycles. The molecule has 0 radical (unpaired) electrons. The molecule has 3 aromatic rings. The van der Waals surface area contributed by atoms with E-state index in [1.54, 1.807) is 0 Å². The predicted molar refractivity (Wildman–Crippen MR) is 79.3 cm³/mol. The van der Waals surface area contributed by atoms with Gasteiger partial charge in [-0.3, -0.25) is 4.79 Å². The zero-order valence-electron chi connectivity index (χ0n) is 11.6. The maximum atomic E-state index is 13.1. The van der Waals surface area contributed by atoms with Crippen molar-refractivity contribution in [2.75, 3.05) is 5.32 Å². The number of hydrogen-bond donors (Lipinski definition) is 2. The Labute approximate surface area is 128 Å². The van der Waals surface area contributed by atoms with Crippen LogP contribution in [0.1, 0.15) is 10.5 Å². The SMILES string of the molecule is O=C(Nc1ccc(OC(F)F)cc1)c1cc2cc(F)ccc2[nH]1. The maximum absolute atomic E-state index is 13.1. The zero-order chi connectivity index (χ0) is 16.4. The van der Waals surface area contributed by atoms with E-state index in [0.717, 1.165) is 0 Å². The fraction of sp³-hybridized carbons (Fsp3) is 0.0625. The molecule has 4 nitrogen and oxygen atoms in total. The van der Waals surface area contributed by atoms with Gasteiger partial charge in [-0.2, -0.15) is 8.78 Å². The van der Waals surface area contributed by atoms with E-state index in [1.807, 2.05) is 0 Å². The molecule has 1 aromatic heterocycles. The van der Waals surface area contributed by atoms with E-state index in [0.29, 0.717) is 16.6 Å². The van der Waals surface area contributed by atoms with Crippen molar-refractivity contribution in [3.63, 3.8) is 0 Å². The number of anilines is 1. The molecule has 23 heavy (non-hydrogen) atoms. The highest BCUT2D eigenvalue weighted by molar-refractivity contribution is 6.05. The number of fused-ring (bicyclic) bond motifs is 1. The lowest BCUT2D eigenvalue weighted by molar-refractivity contribution is -0.0498. The molecule has 2 N–H and O–H groups in total. The lowest BCUT2D eigenvalue weighted by Crippen LogP contribution is -2.12. The molecule has 2 aromatic carbocycles. The van der Waals surface area contributed by atoms with Crippen molar-refractivity contribution in [1.82, 2.24) is 4.98 Å². The number of alkyl halides is 2. The van der Waals surface area contributed by atoms with Crippen LogP contribution in [-0.2, 0) is 0 Å². The molecule has 0 aliphatic rings. The number of aromatic nitrogens is 1. The number of amides is 1. The van der Waals surface area contributed by atoms with Gasteiger partial charge in [0.2, 0.25) is 0 Å². The number of benzene rings is 2. The second-order valence-electron chi connectivity index (χ2n) is 4.77. The van der Waals surface area contributed by atoms with E-state index >= 15 is 0 Å². The Morgan fingerprint density at radius 3 is 2.52 bits per heavy atom. The molecule has 7 heteroatoms.